The van der Waals surface area contributed by atoms with Crippen LogP contribution < -0.4 is 0 Å². The second-order valence-corrected chi connectivity index (χ2v) is 18.8. The Morgan fingerprint density at radius 3 is 1.01 bits per heavy atom. The van der Waals surface area contributed by atoms with Crippen molar-refractivity contribution < 1.29 is 23.8 Å². The first-order valence-electron chi connectivity index (χ1n) is 29.4. The topological polar surface area (TPSA) is 61.8 Å². The molecular formula is C67H108O5. The van der Waals surface area contributed by atoms with Gasteiger partial charge in [0.1, 0.15) is 6.61 Å². The van der Waals surface area contributed by atoms with Crippen LogP contribution in [0.4, 0.5) is 0 Å². The van der Waals surface area contributed by atoms with Gasteiger partial charge in [0.2, 0.25) is 0 Å². The minimum atomic E-state index is -0.580. The van der Waals surface area contributed by atoms with E-state index >= 15 is 0 Å². The van der Waals surface area contributed by atoms with E-state index in [9.17, 15) is 9.59 Å². The number of esters is 2. The van der Waals surface area contributed by atoms with Crippen LogP contribution in [0.25, 0.3) is 0 Å². The van der Waals surface area contributed by atoms with E-state index in [0.29, 0.717) is 19.4 Å². The monoisotopic (exact) mass is 993 g/mol. The predicted octanol–water partition coefficient (Wildman–Crippen LogP) is 20.5. The fourth-order valence-electron chi connectivity index (χ4n) is 7.53. The molecule has 0 aliphatic heterocycles. The van der Waals surface area contributed by atoms with Crippen molar-refractivity contribution in [3.63, 3.8) is 0 Å². The third-order valence-electron chi connectivity index (χ3n) is 11.8. The summed E-state index contributed by atoms with van der Waals surface area (Å²) in [7, 11) is 0. The summed E-state index contributed by atoms with van der Waals surface area (Å²) in [5.74, 6) is -0.467. The number of allylic oxidation sites excluding steroid dienone is 24. The second-order valence-electron chi connectivity index (χ2n) is 18.8. The van der Waals surface area contributed by atoms with Crippen LogP contribution in [0.2, 0.25) is 0 Å². The van der Waals surface area contributed by atoms with Crippen LogP contribution in [-0.4, -0.2) is 37.9 Å². The van der Waals surface area contributed by atoms with Crippen molar-refractivity contribution in [3.8, 4) is 0 Å². The highest BCUT2D eigenvalue weighted by atomic mass is 16.6. The number of carbonyl (C=O) groups excluding carboxylic acids is 2. The van der Waals surface area contributed by atoms with Crippen molar-refractivity contribution in [2.75, 3.05) is 19.8 Å². The molecule has 406 valence electrons. The lowest BCUT2D eigenvalue weighted by Gasteiger charge is -2.18. The number of hydrogen-bond acceptors (Lipinski definition) is 5. The molecule has 0 aromatic carbocycles. The Morgan fingerprint density at radius 2 is 0.625 bits per heavy atom. The van der Waals surface area contributed by atoms with E-state index in [-0.39, 0.29) is 25.2 Å². The van der Waals surface area contributed by atoms with Crippen molar-refractivity contribution >= 4 is 11.9 Å². The molecule has 0 aliphatic carbocycles. The SMILES string of the molecule is CC/C=C\C/C=C\C/C=C\C/C=C\C/C=C\CCCCCC(=O)OCC(COCCCCCCC/C=C\C/C=C\C/C=C\C/C=C\CC)OC(=O)CCCCCCCC/C=C\C/C=C\C/C=C\CCCCC. The Balaban J connectivity index is 4.45. The Bertz CT molecular complexity index is 1540. The molecule has 0 rings (SSSR count). The maximum absolute atomic E-state index is 12.9. The van der Waals surface area contributed by atoms with E-state index in [0.717, 1.165) is 141 Å². The van der Waals surface area contributed by atoms with Gasteiger partial charge in [-0.05, 0) is 141 Å². The van der Waals surface area contributed by atoms with Crippen molar-refractivity contribution in [1.82, 2.24) is 0 Å². The predicted molar refractivity (Wildman–Crippen MR) is 315 cm³/mol. The molecule has 0 fully saturated rings. The number of ether oxygens (including phenoxy) is 3. The molecule has 1 atom stereocenters. The molecule has 0 aromatic heterocycles. The molecule has 0 bridgehead atoms. The van der Waals surface area contributed by atoms with E-state index in [1.54, 1.807) is 0 Å². The molecule has 5 nitrogen and oxygen atoms in total. The summed E-state index contributed by atoms with van der Waals surface area (Å²) in [6, 6.07) is 0. The van der Waals surface area contributed by atoms with E-state index < -0.39 is 6.10 Å². The minimum absolute atomic E-state index is 0.0448. The van der Waals surface area contributed by atoms with Crippen LogP contribution >= 0.6 is 0 Å². The third-order valence-corrected chi connectivity index (χ3v) is 11.8. The first-order chi connectivity index (χ1) is 35.6. The summed E-state index contributed by atoms with van der Waals surface area (Å²) < 4.78 is 17.4. The van der Waals surface area contributed by atoms with Crippen molar-refractivity contribution in [2.45, 2.75) is 245 Å². The molecule has 0 spiro atoms. The minimum Gasteiger partial charge on any atom is -0.462 e. The highest BCUT2D eigenvalue weighted by Crippen LogP contribution is 2.13. The summed E-state index contributed by atoms with van der Waals surface area (Å²) in [6.07, 6.45) is 88.6. The highest BCUT2D eigenvalue weighted by Gasteiger charge is 2.17. The molecule has 0 N–H and O–H groups in total. The lowest BCUT2D eigenvalue weighted by molar-refractivity contribution is -0.163. The zero-order valence-electron chi connectivity index (χ0n) is 46.6. The quantitative estimate of drug-likeness (QED) is 0.0345. The molecule has 5 heteroatoms. The second kappa shape index (κ2) is 61.1. The largest absolute Gasteiger partial charge is 0.462 e. The number of rotatable bonds is 52. The summed E-state index contributed by atoms with van der Waals surface area (Å²) in [6.45, 7) is 7.47. The summed E-state index contributed by atoms with van der Waals surface area (Å²) >= 11 is 0. The molecular weight excluding hydrogens is 885 g/mol. The van der Waals surface area contributed by atoms with Gasteiger partial charge in [-0.15, -0.1) is 0 Å². The van der Waals surface area contributed by atoms with Gasteiger partial charge in [0.05, 0.1) is 6.61 Å². The lowest BCUT2D eigenvalue weighted by atomic mass is 10.1. The molecule has 0 radical (unpaired) electrons. The maximum atomic E-state index is 12.9. The average molecular weight is 994 g/mol. The lowest BCUT2D eigenvalue weighted by Crippen LogP contribution is -2.30. The van der Waals surface area contributed by atoms with Gasteiger partial charge in [0.25, 0.3) is 0 Å². The van der Waals surface area contributed by atoms with Gasteiger partial charge in [0, 0.05) is 19.4 Å². The molecule has 0 saturated heterocycles. The van der Waals surface area contributed by atoms with Crippen molar-refractivity contribution in [1.29, 1.82) is 0 Å². The van der Waals surface area contributed by atoms with Gasteiger partial charge in [-0.2, -0.15) is 0 Å². The van der Waals surface area contributed by atoms with E-state index in [1.165, 1.54) is 64.2 Å². The van der Waals surface area contributed by atoms with Crippen LogP contribution in [0.3, 0.4) is 0 Å². The normalized spacial score (nSPS) is 13.3. The van der Waals surface area contributed by atoms with Gasteiger partial charge < -0.3 is 14.2 Å². The fourth-order valence-corrected chi connectivity index (χ4v) is 7.53. The van der Waals surface area contributed by atoms with Gasteiger partial charge in [-0.1, -0.05) is 231 Å². The van der Waals surface area contributed by atoms with Gasteiger partial charge >= 0.3 is 11.9 Å². The molecule has 0 amide bonds. The molecule has 1 unspecified atom stereocenters. The smallest absolute Gasteiger partial charge is 0.306 e. The van der Waals surface area contributed by atoms with Crippen LogP contribution in [0.1, 0.15) is 239 Å². The molecule has 0 heterocycles. The van der Waals surface area contributed by atoms with Crippen molar-refractivity contribution in [3.05, 3.63) is 146 Å². The maximum Gasteiger partial charge on any atom is 0.306 e. The Labute approximate surface area is 444 Å². The molecule has 0 aromatic rings. The Hall–Kier alpha value is -4.22. The molecule has 0 saturated carbocycles. The van der Waals surface area contributed by atoms with Gasteiger partial charge in [-0.25, -0.2) is 0 Å². The van der Waals surface area contributed by atoms with Crippen LogP contribution in [0.5, 0.6) is 0 Å². The summed E-state index contributed by atoms with van der Waals surface area (Å²) in [4.78, 5) is 25.6. The van der Waals surface area contributed by atoms with Gasteiger partial charge in [0.15, 0.2) is 6.10 Å². The van der Waals surface area contributed by atoms with Crippen LogP contribution in [-0.2, 0) is 23.8 Å². The number of unbranched alkanes of at least 4 members (excludes halogenated alkanes) is 17. The standard InChI is InChI=1S/C67H108O5/c1-4-7-10-13-16-19-22-25-28-31-34-36-39-42-45-48-51-54-57-60-66(68)71-64-65(63-70-62-59-56-53-50-47-44-41-38-33-30-27-24-21-18-15-12-9-6-3)72-67(69)61-58-55-52-49-46-43-40-37-35-32-29-26-23-20-17-14-11-8-5-2/h7,9-10,12,16-21,25-30,34-38,41-42,45,65H,4-6,8,11,13-15,22-24,31-33,39-40,43-44,46-64H2,1-3H3/b10-7-,12-9-,19-16-,20-17-,21-18-,28-25-,29-26-,30-27-,36-34-,37-35-,41-38-,45-42-. The van der Waals surface area contributed by atoms with Crippen LogP contribution in [0.15, 0.2) is 146 Å². The Kier molecular flexibility index (Phi) is 57.5. The molecule has 0 aliphatic rings. The first-order valence-corrected chi connectivity index (χ1v) is 29.4. The zero-order valence-corrected chi connectivity index (χ0v) is 46.6. The van der Waals surface area contributed by atoms with Crippen molar-refractivity contribution in [2.24, 2.45) is 0 Å². The summed E-state index contributed by atoms with van der Waals surface area (Å²) in [5.41, 5.74) is 0. The average Bonchev–Trinajstić information content (AvgIpc) is 3.38. The third kappa shape index (κ3) is 58.4. The fraction of sp³-hybridized carbons (Fsp3) is 0.612. The highest BCUT2D eigenvalue weighted by molar-refractivity contribution is 5.70. The van der Waals surface area contributed by atoms with Gasteiger partial charge in [-0.3, -0.25) is 9.59 Å². The van der Waals surface area contributed by atoms with E-state index in [1.807, 2.05) is 0 Å². The zero-order chi connectivity index (χ0) is 52.0. The number of hydrogen-bond donors (Lipinski definition) is 0. The van der Waals surface area contributed by atoms with Crippen LogP contribution in [0, 0.1) is 0 Å². The first kappa shape index (κ1) is 67.8. The summed E-state index contributed by atoms with van der Waals surface area (Å²) in [5, 5.41) is 0. The molecule has 72 heavy (non-hydrogen) atoms. The van der Waals surface area contributed by atoms with E-state index in [4.69, 9.17) is 14.2 Å². The van der Waals surface area contributed by atoms with E-state index in [2.05, 4.69) is 167 Å². The number of carbonyl (C=O) groups is 2. The Morgan fingerprint density at radius 1 is 0.319 bits per heavy atom.